The van der Waals surface area contributed by atoms with Gasteiger partial charge in [-0.25, -0.2) is 0 Å². The van der Waals surface area contributed by atoms with E-state index in [0.29, 0.717) is 13.0 Å². The number of rotatable bonds is 1. The van der Waals surface area contributed by atoms with Crippen molar-refractivity contribution >= 4 is 5.97 Å². The van der Waals surface area contributed by atoms with Gasteiger partial charge in [-0.15, -0.1) is 0 Å². The van der Waals surface area contributed by atoms with Gasteiger partial charge in [0, 0.05) is 6.54 Å². The minimum Gasteiger partial charge on any atom is -0.459 e. The van der Waals surface area contributed by atoms with Crippen molar-refractivity contribution in [2.75, 3.05) is 6.54 Å². The smallest absolute Gasteiger partial charge is 0.324 e. The molecule has 1 unspecified atom stereocenters. The van der Waals surface area contributed by atoms with Crippen molar-refractivity contribution in [2.45, 2.75) is 38.8 Å². The van der Waals surface area contributed by atoms with Crippen molar-refractivity contribution in [3.63, 3.8) is 0 Å². The lowest BCUT2D eigenvalue weighted by Crippen LogP contribution is -2.42. The third-order valence-electron chi connectivity index (χ3n) is 1.62. The Hall–Kier alpha value is -0.830. The highest BCUT2D eigenvalue weighted by molar-refractivity contribution is 5.76. The summed E-state index contributed by atoms with van der Waals surface area (Å²) in [5, 5.41) is 3.05. The van der Waals surface area contributed by atoms with E-state index in [4.69, 9.17) is 4.74 Å². The second-order valence-electron chi connectivity index (χ2n) is 4.11. The fourth-order valence-electron chi connectivity index (χ4n) is 1.09. The molecule has 1 aliphatic rings. The molecule has 0 aromatic rings. The molecule has 1 heterocycles. The molecule has 1 rings (SSSR count). The summed E-state index contributed by atoms with van der Waals surface area (Å²) in [7, 11) is 0. The first-order valence-electron chi connectivity index (χ1n) is 4.50. The number of hydrogen-bond acceptors (Lipinski definition) is 3. The first-order chi connectivity index (χ1) is 5.99. The quantitative estimate of drug-likeness (QED) is 0.616. The summed E-state index contributed by atoms with van der Waals surface area (Å²) in [6.45, 7) is 6.30. The molecule has 1 aliphatic heterocycles. The van der Waals surface area contributed by atoms with Gasteiger partial charge in [-0.1, -0.05) is 6.08 Å². The molecule has 0 bridgehead atoms. The molecule has 0 aliphatic carbocycles. The monoisotopic (exact) mass is 182 g/mol. The van der Waals surface area contributed by atoms with Gasteiger partial charge >= 0.3 is 5.97 Å². The Morgan fingerprint density at radius 3 is 2.77 bits per heavy atom. The zero-order valence-corrected chi connectivity index (χ0v) is 8.39. The van der Waals surface area contributed by atoms with E-state index in [1.165, 1.54) is 0 Å². The first-order valence-corrected chi connectivity index (χ1v) is 4.50. The summed E-state index contributed by atoms with van der Waals surface area (Å²) in [5.74, 6) is -0.187. The van der Waals surface area contributed by atoms with E-state index in [9.17, 15) is 4.79 Å². The van der Waals surface area contributed by atoms with Crippen LogP contribution in [0.15, 0.2) is 6.08 Å². The fourth-order valence-corrected chi connectivity index (χ4v) is 1.09. The van der Waals surface area contributed by atoms with Gasteiger partial charge in [0.25, 0.3) is 0 Å². The van der Waals surface area contributed by atoms with Crippen molar-refractivity contribution in [1.29, 1.82) is 0 Å². The van der Waals surface area contributed by atoms with Crippen LogP contribution in [-0.2, 0) is 9.53 Å². The number of nitrogens with one attached hydrogen (secondary N) is 1. The molecule has 3 heteroatoms. The lowest BCUT2D eigenvalue weighted by atomic mass is 10.1. The Morgan fingerprint density at radius 2 is 2.31 bits per heavy atom. The molecule has 0 fully saturated rings. The van der Waals surface area contributed by atoms with Crippen molar-refractivity contribution in [3.05, 3.63) is 12.2 Å². The zero-order chi connectivity index (χ0) is 9.90. The van der Waals surface area contributed by atoms with Crippen LogP contribution in [-0.4, -0.2) is 24.2 Å². The second-order valence-corrected chi connectivity index (χ2v) is 4.11. The van der Waals surface area contributed by atoms with Gasteiger partial charge in [-0.05, 0) is 33.3 Å². The van der Waals surface area contributed by atoms with Crippen LogP contribution in [0.4, 0.5) is 0 Å². The van der Waals surface area contributed by atoms with Crippen molar-refractivity contribution in [3.8, 4) is 0 Å². The van der Waals surface area contributed by atoms with Crippen LogP contribution >= 0.6 is 0 Å². The number of esters is 1. The molecule has 3 nitrogen and oxygen atoms in total. The molecule has 1 N–H and O–H groups in total. The van der Waals surface area contributed by atoms with Crippen LogP contribution in [0.3, 0.4) is 0 Å². The topological polar surface area (TPSA) is 38.3 Å². The van der Waals surface area contributed by atoms with Gasteiger partial charge in [0.05, 0.1) is 0 Å². The van der Waals surface area contributed by atoms with Gasteiger partial charge in [0.2, 0.25) is 0 Å². The van der Waals surface area contributed by atoms with Crippen LogP contribution in [0.5, 0.6) is 0 Å². The van der Waals surface area contributed by atoms with Gasteiger partial charge in [-0.2, -0.15) is 0 Å². The van der Waals surface area contributed by atoms with Crippen LogP contribution in [0.1, 0.15) is 27.2 Å². The molecule has 0 aromatic heterocycles. The molecule has 0 amide bonds. The van der Waals surface area contributed by atoms with Gasteiger partial charge in [-0.3, -0.25) is 4.79 Å². The number of carbonyl (C=O) groups excluding carboxylic acids is 1. The third kappa shape index (κ3) is 3.59. The molecule has 0 aromatic carbocycles. The average molecular weight is 182 g/mol. The van der Waals surface area contributed by atoms with Gasteiger partial charge in [0.1, 0.15) is 11.6 Å². The summed E-state index contributed by atoms with van der Waals surface area (Å²) >= 11 is 0. The highest BCUT2D eigenvalue weighted by Crippen LogP contribution is 2.10. The predicted octanol–water partition coefficient (Wildman–Crippen LogP) is 1.05. The normalized spacial score (nSPS) is 22.8. The van der Waals surface area contributed by atoms with E-state index in [1.54, 1.807) is 0 Å². The highest BCUT2D eigenvalue weighted by Gasteiger charge is 2.24. The summed E-state index contributed by atoms with van der Waals surface area (Å²) in [6.07, 6.45) is 5.51. The minimum atomic E-state index is -0.403. The van der Waals surface area contributed by atoms with E-state index in [2.05, 4.69) is 11.4 Å². The van der Waals surface area contributed by atoms with Crippen LogP contribution in [0.2, 0.25) is 0 Å². The maximum atomic E-state index is 11.5. The third-order valence-corrected chi connectivity index (χ3v) is 1.62. The molecular weight excluding hydrogens is 166 g/mol. The molecule has 0 saturated carbocycles. The van der Waals surface area contributed by atoms with Gasteiger partial charge in [0.15, 0.2) is 0 Å². The molecular formula is C10H16NO2. The standard InChI is InChI=1S/C10H16NO2/c1-10(2,3)13-9(12)8-6-4-5-7-11-8/h5,8,11H,6-7H2,1-3H3. The van der Waals surface area contributed by atoms with Crippen LogP contribution < -0.4 is 5.32 Å². The Kier molecular flexibility index (Phi) is 3.09. The summed E-state index contributed by atoms with van der Waals surface area (Å²) < 4.78 is 5.22. The molecule has 0 spiro atoms. The number of carbonyl (C=O) groups is 1. The number of hydrogen-bond donors (Lipinski definition) is 1. The average Bonchev–Trinajstić information content (AvgIpc) is 2.03. The molecule has 0 saturated heterocycles. The lowest BCUT2D eigenvalue weighted by Gasteiger charge is -2.24. The van der Waals surface area contributed by atoms with E-state index in [-0.39, 0.29) is 12.0 Å². The second kappa shape index (κ2) is 3.92. The Bertz CT molecular complexity index is 215. The first kappa shape index (κ1) is 10.3. The maximum absolute atomic E-state index is 11.5. The van der Waals surface area contributed by atoms with Crippen LogP contribution in [0, 0.1) is 6.08 Å². The number of ether oxygens (including phenoxy) is 1. The summed E-state index contributed by atoms with van der Waals surface area (Å²) in [6, 6.07) is -0.218. The van der Waals surface area contributed by atoms with E-state index >= 15 is 0 Å². The van der Waals surface area contributed by atoms with E-state index < -0.39 is 5.60 Å². The Labute approximate surface area is 79.2 Å². The van der Waals surface area contributed by atoms with Gasteiger partial charge < -0.3 is 10.1 Å². The fraction of sp³-hybridized carbons (Fsp3) is 0.700. The molecule has 1 atom stereocenters. The highest BCUT2D eigenvalue weighted by atomic mass is 16.6. The summed E-state index contributed by atoms with van der Waals surface area (Å²) in [4.78, 5) is 11.5. The Morgan fingerprint density at radius 1 is 1.62 bits per heavy atom. The summed E-state index contributed by atoms with van der Waals surface area (Å²) in [5.41, 5.74) is -0.403. The van der Waals surface area contributed by atoms with Crippen molar-refractivity contribution in [1.82, 2.24) is 5.32 Å². The van der Waals surface area contributed by atoms with E-state index in [0.717, 1.165) is 0 Å². The predicted molar refractivity (Wildman–Crippen MR) is 50.1 cm³/mol. The minimum absolute atomic E-state index is 0.187. The SMILES string of the molecule is CC(C)(C)OC(=O)C1C[C]=CCN1. The lowest BCUT2D eigenvalue weighted by molar-refractivity contribution is -0.157. The molecule has 1 radical (unpaired) electrons. The van der Waals surface area contributed by atoms with Crippen molar-refractivity contribution in [2.24, 2.45) is 0 Å². The maximum Gasteiger partial charge on any atom is 0.324 e. The Balaban J connectivity index is 2.43. The van der Waals surface area contributed by atoms with Crippen LogP contribution in [0.25, 0.3) is 0 Å². The largest absolute Gasteiger partial charge is 0.459 e. The zero-order valence-electron chi connectivity index (χ0n) is 8.39. The molecule has 73 valence electrons. The van der Waals surface area contributed by atoms with Crippen molar-refractivity contribution < 1.29 is 9.53 Å². The molecule has 13 heavy (non-hydrogen) atoms. The van der Waals surface area contributed by atoms with E-state index in [1.807, 2.05) is 26.8 Å².